The highest BCUT2D eigenvalue weighted by Crippen LogP contribution is 2.32. The maximum Gasteiger partial charge on any atom is 0.237 e. The standard InChI is InChI=1S/C20H19F2N3O3/c1-25(11-19-27-6-7-28-19)18-5-3-13(9-16(18)22)23-10-15-14-8-12(21)2-4-17(14)24-20(15)26/h2-5,8-10,15,19H,6-7,11H2,1H3,(H,24,26). The van der Waals surface area contributed by atoms with Crippen molar-refractivity contribution in [2.75, 3.05) is 37.0 Å². The first kappa shape index (κ1) is 18.5. The number of anilines is 2. The minimum absolute atomic E-state index is 0.294. The number of fused-ring (bicyclic) bond motifs is 1. The summed E-state index contributed by atoms with van der Waals surface area (Å²) in [6.45, 7) is 1.48. The third-order valence-electron chi connectivity index (χ3n) is 4.72. The number of ether oxygens (including phenoxy) is 2. The quantitative estimate of drug-likeness (QED) is 0.801. The summed E-state index contributed by atoms with van der Waals surface area (Å²) in [5.41, 5.74) is 1.83. The van der Waals surface area contributed by atoms with Crippen LogP contribution < -0.4 is 10.2 Å². The monoisotopic (exact) mass is 387 g/mol. The molecule has 146 valence electrons. The molecule has 2 aliphatic rings. The van der Waals surface area contributed by atoms with Gasteiger partial charge in [0.25, 0.3) is 0 Å². The highest BCUT2D eigenvalue weighted by atomic mass is 19.1. The second-order valence-electron chi connectivity index (χ2n) is 6.66. The van der Waals surface area contributed by atoms with E-state index in [1.54, 1.807) is 24.1 Å². The van der Waals surface area contributed by atoms with Gasteiger partial charge in [-0.15, -0.1) is 0 Å². The molecule has 0 aromatic heterocycles. The number of rotatable bonds is 5. The summed E-state index contributed by atoms with van der Waals surface area (Å²) in [6, 6.07) is 8.65. The number of hydrogen-bond donors (Lipinski definition) is 1. The summed E-state index contributed by atoms with van der Waals surface area (Å²) >= 11 is 0. The fourth-order valence-corrected chi connectivity index (χ4v) is 3.29. The van der Waals surface area contributed by atoms with E-state index in [1.807, 2.05) is 0 Å². The van der Waals surface area contributed by atoms with Gasteiger partial charge < -0.3 is 19.7 Å². The Morgan fingerprint density at radius 1 is 1.21 bits per heavy atom. The molecule has 28 heavy (non-hydrogen) atoms. The normalized spacial score (nSPS) is 19.2. The third kappa shape index (κ3) is 3.74. The zero-order valence-corrected chi connectivity index (χ0v) is 15.2. The molecule has 1 saturated heterocycles. The van der Waals surface area contributed by atoms with Crippen LogP contribution in [0.5, 0.6) is 0 Å². The first-order chi connectivity index (χ1) is 13.5. The zero-order chi connectivity index (χ0) is 19.7. The number of carbonyl (C=O) groups excluding carboxylic acids is 1. The van der Waals surface area contributed by atoms with Crippen LogP contribution in [0.4, 0.5) is 25.8 Å². The smallest absolute Gasteiger partial charge is 0.237 e. The van der Waals surface area contributed by atoms with Crippen LogP contribution in [0.25, 0.3) is 0 Å². The summed E-state index contributed by atoms with van der Waals surface area (Å²) < 4.78 is 38.8. The van der Waals surface area contributed by atoms with Crippen molar-refractivity contribution in [1.82, 2.24) is 0 Å². The largest absolute Gasteiger partial charge is 0.367 e. The molecule has 6 nitrogen and oxygen atoms in total. The minimum Gasteiger partial charge on any atom is -0.367 e. The van der Waals surface area contributed by atoms with Gasteiger partial charge in [-0.05, 0) is 35.9 Å². The van der Waals surface area contributed by atoms with Crippen LogP contribution in [0.1, 0.15) is 11.5 Å². The van der Waals surface area contributed by atoms with Crippen molar-refractivity contribution in [1.29, 1.82) is 0 Å². The summed E-state index contributed by atoms with van der Waals surface area (Å²) in [5.74, 6) is -1.88. The Balaban J connectivity index is 1.49. The minimum atomic E-state index is -0.715. The number of benzene rings is 2. The molecule has 1 N–H and O–H groups in total. The molecule has 1 fully saturated rings. The van der Waals surface area contributed by atoms with Gasteiger partial charge in [0.1, 0.15) is 17.6 Å². The fraction of sp³-hybridized carbons (Fsp3) is 0.300. The second kappa shape index (κ2) is 7.65. The van der Waals surface area contributed by atoms with Gasteiger partial charge in [0.2, 0.25) is 5.91 Å². The van der Waals surface area contributed by atoms with Crippen molar-refractivity contribution >= 4 is 29.2 Å². The Morgan fingerprint density at radius 3 is 2.75 bits per heavy atom. The van der Waals surface area contributed by atoms with Crippen LogP contribution in [0.2, 0.25) is 0 Å². The van der Waals surface area contributed by atoms with Crippen molar-refractivity contribution in [2.24, 2.45) is 4.99 Å². The van der Waals surface area contributed by atoms with Gasteiger partial charge in [-0.2, -0.15) is 0 Å². The first-order valence-electron chi connectivity index (χ1n) is 8.89. The molecule has 0 spiro atoms. The van der Waals surface area contributed by atoms with Gasteiger partial charge in [0.15, 0.2) is 6.29 Å². The molecule has 2 aliphatic heterocycles. The van der Waals surface area contributed by atoms with Crippen LogP contribution in [-0.4, -0.2) is 45.2 Å². The second-order valence-corrected chi connectivity index (χ2v) is 6.66. The van der Waals surface area contributed by atoms with Crippen molar-refractivity contribution in [3.8, 4) is 0 Å². The van der Waals surface area contributed by atoms with E-state index in [-0.39, 0.29) is 12.2 Å². The van der Waals surface area contributed by atoms with Gasteiger partial charge in [0.05, 0.1) is 31.1 Å². The molecule has 0 aliphatic carbocycles. The summed E-state index contributed by atoms with van der Waals surface area (Å²) in [5, 5.41) is 2.68. The molecule has 0 bridgehead atoms. The van der Waals surface area contributed by atoms with E-state index in [0.717, 1.165) is 0 Å². The van der Waals surface area contributed by atoms with E-state index >= 15 is 0 Å². The van der Waals surface area contributed by atoms with Gasteiger partial charge in [-0.1, -0.05) is 0 Å². The van der Waals surface area contributed by atoms with E-state index in [4.69, 9.17) is 9.47 Å². The number of nitrogens with one attached hydrogen (secondary N) is 1. The Hall–Kier alpha value is -2.84. The van der Waals surface area contributed by atoms with Crippen molar-refractivity contribution in [3.63, 3.8) is 0 Å². The molecule has 2 aromatic rings. The zero-order valence-electron chi connectivity index (χ0n) is 15.2. The predicted molar refractivity (Wildman–Crippen MR) is 101 cm³/mol. The van der Waals surface area contributed by atoms with Crippen molar-refractivity contribution < 1.29 is 23.0 Å². The highest BCUT2D eigenvalue weighted by molar-refractivity contribution is 6.12. The predicted octanol–water partition coefficient (Wildman–Crippen LogP) is 3.21. The molecule has 4 rings (SSSR count). The maximum absolute atomic E-state index is 14.5. The topological polar surface area (TPSA) is 63.2 Å². The van der Waals surface area contributed by atoms with Crippen LogP contribution in [0.15, 0.2) is 41.4 Å². The van der Waals surface area contributed by atoms with Gasteiger partial charge in [-0.25, -0.2) is 8.78 Å². The van der Waals surface area contributed by atoms with Crippen LogP contribution >= 0.6 is 0 Å². The molecule has 2 aromatic carbocycles. The SMILES string of the molecule is CN(CC1OCCO1)c1ccc(N=CC2C(=O)Nc3ccc(F)cc32)cc1F. The molecule has 0 saturated carbocycles. The Kier molecular flexibility index (Phi) is 5.06. The molecule has 1 amide bonds. The molecular weight excluding hydrogens is 368 g/mol. The average Bonchev–Trinajstić information content (AvgIpc) is 3.27. The van der Waals surface area contributed by atoms with Gasteiger partial charge in [-0.3, -0.25) is 9.79 Å². The Labute approximate surface area is 160 Å². The lowest BCUT2D eigenvalue weighted by Crippen LogP contribution is -2.30. The number of aliphatic imine (C=N–C) groups is 1. The molecular formula is C20H19F2N3O3. The van der Waals surface area contributed by atoms with Crippen LogP contribution in [-0.2, 0) is 14.3 Å². The lowest BCUT2D eigenvalue weighted by molar-refractivity contribution is -0.115. The summed E-state index contributed by atoms with van der Waals surface area (Å²) in [6.07, 6.45) is 1.03. The third-order valence-corrected chi connectivity index (χ3v) is 4.72. The lowest BCUT2D eigenvalue weighted by atomic mass is 10.0. The fourth-order valence-electron chi connectivity index (χ4n) is 3.29. The summed E-state index contributed by atoms with van der Waals surface area (Å²) in [4.78, 5) is 18.0. The van der Waals surface area contributed by atoms with E-state index in [9.17, 15) is 13.6 Å². The average molecular weight is 387 g/mol. The van der Waals surface area contributed by atoms with E-state index < -0.39 is 17.6 Å². The number of likely N-dealkylation sites (N-methyl/N-ethyl adjacent to an activating group) is 1. The molecule has 2 heterocycles. The van der Waals surface area contributed by atoms with E-state index in [0.29, 0.717) is 42.4 Å². The van der Waals surface area contributed by atoms with Crippen LogP contribution in [0.3, 0.4) is 0 Å². The highest BCUT2D eigenvalue weighted by Gasteiger charge is 2.29. The van der Waals surface area contributed by atoms with E-state index in [2.05, 4.69) is 10.3 Å². The molecule has 8 heteroatoms. The maximum atomic E-state index is 14.5. The number of nitrogens with zero attached hydrogens (tertiary/aromatic N) is 2. The number of hydrogen-bond acceptors (Lipinski definition) is 5. The number of carbonyl (C=O) groups is 1. The lowest BCUT2D eigenvalue weighted by Gasteiger charge is -2.22. The molecule has 1 atom stereocenters. The number of amides is 1. The van der Waals surface area contributed by atoms with Crippen molar-refractivity contribution in [2.45, 2.75) is 12.2 Å². The summed E-state index contributed by atoms with van der Waals surface area (Å²) in [7, 11) is 1.75. The van der Waals surface area contributed by atoms with Gasteiger partial charge >= 0.3 is 0 Å². The first-order valence-corrected chi connectivity index (χ1v) is 8.89. The van der Waals surface area contributed by atoms with Crippen molar-refractivity contribution in [3.05, 3.63) is 53.6 Å². The number of halogens is 2. The Bertz CT molecular complexity index is 929. The van der Waals surface area contributed by atoms with Gasteiger partial charge in [0, 0.05) is 25.0 Å². The van der Waals surface area contributed by atoms with Crippen LogP contribution in [0, 0.1) is 11.6 Å². The Morgan fingerprint density at radius 2 is 2.00 bits per heavy atom. The molecule has 0 radical (unpaired) electrons. The van der Waals surface area contributed by atoms with E-state index in [1.165, 1.54) is 30.5 Å². The molecule has 1 unspecified atom stereocenters.